The van der Waals surface area contributed by atoms with Crippen molar-refractivity contribution < 1.29 is 31.8 Å². The van der Waals surface area contributed by atoms with Gasteiger partial charge in [-0.1, -0.05) is 0 Å². The molecule has 0 aliphatic carbocycles. The summed E-state index contributed by atoms with van der Waals surface area (Å²) in [6.07, 6.45) is -2.77. The fourth-order valence-electron chi connectivity index (χ4n) is 1.13. The van der Waals surface area contributed by atoms with Crippen molar-refractivity contribution >= 4 is 16.0 Å². The molecule has 0 amide bonds. The van der Waals surface area contributed by atoms with E-state index in [9.17, 15) is 22.0 Å². The van der Waals surface area contributed by atoms with E-state index in [1.54, 1.807) is 0 Å². The fourth-order valence-corrected chi connectivity index (χ4v) is 1.67. The summed E-state index contributed by atoms with van der Waals surface area (Å²) >= 11 is 0. The van der Waals surface area contributed by atoms with Crippen LogP contribution < -0.4 is 9.88 Å². The van der Waals surface area contributed by atoms with Gasteiger partial charge in [0.1, 0.15) is 17.9 Å². The molecular weight excluding hydrogens is 272 g/mol. The molecule has 0 saturated heterocycles. The molecule has 18 heavy (non-hydrogen) atoms. The largest absolute Gasteiger partial charge is 0.487 e. The molecule has 0 aliphatic rings. The Morgan fingerprint density at radius 3 is 2.50 bits per heavy atom. The standard InChI is InChI=1S/C9H9F2NO5S/c10-8(11)4-17-7-2-1-5(18(12,15)16)3-6(7)9(13)14/h1-3,8H,4H2,(H,13,14)(H2,12,15,16). The van der Waals surface area contributed by atoms with Crippen LogP contribution in [0.3, 0.4) is 0 Å². The van der Waals surface area contributed by atoms with E-state index in [4.69, 9.17) is 10.2 Å². The van der Waals surface area contributed by atoms with E-state index in [1.165, 1.54) is 0 Å². The third kappa shape index (κ3) is 3.64. The molecule has 0 spiro atoms. The van der Waals surface area contributed by atoms with Crippen molar-refractivity contribution in [3.05, 3.63) is 23.8 Å². The average Bonchev–Trinajstić information content (AvgIpc) is 2.24. The maximum absolute atomic E-state index is 11.9. The molecule has 0 fully saturated rings. The predicted molar refractivity (Wildman–Crippen MR) is 56.3 cm³/mol. The maximum Gasteiger partial charge on any atom is 0.339 e. The first-order valence-electron chi connectivity index (χ1n) is 4.53. The number of carbonyl (C=O) groups is 1. The second-order valence-electron chi connectivity index (χ2n) is 3.21. The van der Waals surface area contributed by atoms with Crippen LogP contribution in [0.15, 0.2) is 23.1 Å². The molecule has 6 nitrogen and oxygen atoms in total. The van der Waals surface area contributed by atoms with Gasteiger partial charge in [0.15, 0.2) is 0 Å². The van der Waals surface area contributed by atoms with Gasteiger partial charge < -0.3 is 9.84 Å². The van der Waals surface area contributed by atoms with Crippen LogP contribution in [0.25, 0.3) is 0 Å². The van der Waals surface area contributed by atoms with E-state index in [2.05, 4.69) is 4.74 Å². The molecule has 9 heteroatoms. The summed E-state index contributed by atoms with van der Waals surface area (Å²) in [5.74, 6) is -1.86. The summed E-state index contributed by atoms with van der Waals surface area (Å²) < 4.78 is 50.4. The Morgan fingerprint density at radius 1 is 1.44 bits per heavy atom. The van der Waals surface area contributed by atoms with E-state index < -0.39 is 39.5 Å². The molecule has 0 heterocycles. The van der Waals surface area contributed by atoms with Gasteiger partial charge in [-0.2, -0.15) is 0 Å². The maximum atomic E-state index is 11.9. The van der Waals surface area contributed by atoms with Crippen molar-refractivity contribution in [2.24, 2.45) is 5.14 Å². The van der Waals surface area contributed by atoms with Crippen LogP contribution in [0, 0.1) is 0 Å². The highest BCUT2D eigenvalue weighted by Crippen LogP contribution is 2.22. The van der Waals surface area contributed by atoms with E-state index in [0.717, 1.165) is 18.2 Å². The Kier molecular flexibility index (Phi) is 4.19. The normalized spacial score (nSPS) is 11.6. The van der Waals surface area contributed by atoms with Crippen molar-refractivity contribution in [1.29, 1.82) is 0 Å². The zero-order valence-electron chi connectivity index (χ0n) is 8.84. The summed E-state index contributed by atoms with van der Waals surface area (Å²) in [7, 11) is -4.07. The molecular formula is C9H9F2NO5S. The third-order valence-corrected chi connectivity index (χ3v) is 2.79. The number of alkyl halides is 2. The van der Waals surface area contributed by atoms with Crippen LogP contribution in [0.2, 0.25) is 0 Å². The monoisotopic (exact) mass is 281 g/mol. The molecule has 3 N–H and O–H groups in total. The van der Waals surface area contributed by atoms with Crippen molar-refractivity contribution in [3.63, 3.8) is 0 Å². The number of primary sulfonamides is 1. The molecule has 1 aromatic rings. The van der Waals surface area contributed by atoms with Crippen LogP contribution in [-0.2, 0) is 10.0 Å². The van der Waals surface area contributed by atoms with Gasteiger partial charge in [-0.3, -0.25) is 0 Å². The second-order valence-corrected chi connectivity index (χ2v) is 4.77. The Labute approximate surface area is 101 Å². The zero-order valence-corrected chi connectivity index (χ0v) is 9.65. The molecule has 100 valence electrons. The number of rotatable bonds is 5. The topological polar surface area (TPSA) is 107 Å². The highest BCUT2D eigenvalue weighted by atomic mass is 32.2. The minimum absolute atomic E-state index is 0.352. The molecule has 1 aromatic carbocycles. The number of benzene rings is 1. The van der Waals surface area contributed by atoms with E-state index in [1.807, 2.05) is 0 Å². The van der Waals surface area contributed by atoms with E-state index >= 15 is 0 Å². The minimum Gasteiger partial charge on any atom is -0.487 e. The molecule has 0 radical (unpaired) electrons. The Bertz CT molecular complexity index is 558. The van der Waals surface area contributed by atoms with E-state index in [0.29, 0.717) is 0 Å². The second kappa shape index (κ2) is 5.27. The number of ether oxygens (including phenoxy) is 1. The molecule has 0 saturated carbocycles. The van der Waals surface area contributed by atoms with Crippen molar-refractivity contribution in [2.75, 3.05) is 6.61 Å². The number of carboxylic acid groups (broad SMARTS) is 1. The van der Waals surface area contributed by atoms with Crippen molar-refractivity contribution in [3.8, 4) is 5.75 Å². The molecule has 0 atom stereocenters. The lowest BCUT2D eigenvalue weighted by Gasteiger charge is -2.09. The summed E-state index contributed by atoms with van der Waals surface area (Å²) in [5, 5.41) is 13.6. The fraction of sp³-hybridized carbons (Fsp3) is 0.222. The van der Waals surface area contributed by atoms with Gasteiger partial charge in [-0.15, -0.1) is 0 Å². The summed E-state index contributed by atoms with van der Waals surface area (Å²) in [5.41, 5.74) is -0.554. The van der Waals surface area contributed by atoms with Gasteiger partial charge >= 0.3 is 5.97 Å². The summed E-state index contributed by atoms with van der Waals surface area (Å²) in [6, 6.07) is 2.69. The van der Waals surface area contributed by atoms with Crippen LogP contribution in [-0.4, -0.2) is 32.5 Å². The van der Waals surface area contributed by atoms with Crippen molar-refractivity contribution in [1.82, 2.24) is 0 Å². The highest BCUT2D eigenvalue weighted by molar-refractivity contribution is 7.89. The summed E-state index contributed by atoms with van der Waals surface area (Å²) in [6.45, 7) is -0.991. The first kappa shape index (κ1) is 14.3. The van der Waals surface area contributed by atoms with Gasteiger partial charge in [-0.05, 0) is 18.2 Å². The first-order chi connectivity index (χ1) is 8.21. The lowest BCUT2D eigenvalue weighted by atomic mass is 10.2. The molecule has 0 aromatic heterocycles. The predicted octanol–water partition coefficient (Wildman–Crippen LogP) is 0.676. The van der Waals surface area contributed by atoms with E-state index in [-0.39, 0.29) is 5.75 Å². The lowest BCUT2D eigenvalue weighted by molar-refractivity contribution is 0.0663. The molecule has 0 unspecified atom stereocenters. The van der Waals surface area contributed by atoms with Gasteiger partial charge in [0.2, 0.25) is 10.0 Å². The number of hydrogen-bond donors (Lipinski definition) is 2. The van der Waals surface area contributed by atoms with Crippen molar-refractivity contribution in [2.45, 2.75) is 11.3 Å². The van der Waals surface area contributed by atoms with Gasteiger partial charge in [0.25, 0.3) is 6.43 Å². The molecule has 1 rings (SSSR count). The smallest absolute Gasteiger partial charge is 0.339 e. The van der Waals surface area contributed by atoms with Gasteiger partial charge in [-0.25, -0.2) is 27.1 Å². The highest BCUT2D eigenvalue weighted by Gasteiger charge is 2.17. The zero-order chi connectivity index (χ0) is 13.9. The quantitative estimate of drug-likeness (QED) is 0.825. The SMILES string of the molecule is NS(=O)(=O)c1ccc(OCC(F)F)c(C(=O)O)c1. The molecule has 0 aliphatic heterocycles. The first-order valence-corrected chi connectivity index (χ1v) is 6.07. The number of sulfonamides is 1. The Balaban J connectivity index is 3.17. The Hall–Kier alpha value is -1.74. The third-order valence-electron chi connectivity index (χ3n) is 1.87. The van der Waals surface area contributed by atoms with Crippen LogP contribution in [0.5, 0.6) is 5.75 Å². The Morgan fingerprint density at radius 2 is 2.06 bits per heavy atom. The number of carboxylic acids is 1. The van der Waals surface area contributed by atoms with Gasteiger partial charge in [0, 0.05) is 0 Å². The number of aromatic carboxylic acids is 1. The van der Waals surface area contributed by atoms with Crippen LogP contribution in [0.1, 0.15) is 10.4 Å². The number of halogens is 2. The minimum atomic E-state index is -4.07. The van der Waals surface area contributed by atoms with Crippen LogP contribution >= 0.6 is 0 Å². The molecule has 0 bridgehead atoms. The lowest BCUT2D eigenvalue weighted by Crippen LogP contribution is -2.15. The summed E-state index contributed by atoms with van der Waals surface area (Å²) in [4.78, 5) is 10.4. The number of nitrogens with two attached hydrogens (primary N) is 1. The van der Waals surface area contributed by atoms with Gasteiger partial charge in [0.05, 0.1) is 4.90 Å². The van der Waals surface area contributed by atoms with Crippen LogP contribution in [0.4, 0.5) is 8.78 Å². The number of hydrogen-bond acceptors (Lipinski definition) is 4. The average molecular weight is 281 g/mol.